The lowest BCUT2D eigenvalue weighted by molar-refractivity contribution is 0.446. The summed E-state index contributed by atoms with van der Waals surface area (Å²) in [5, 5.41) is 3.57. The zero-order valence-corrected chi connectivity index (χ0v) is 9.95. The van der Waals surface area contributed by atoms with Crippen LogP contribution in [-0.4, -0.2) is 17.6 Å². The van der Waals surface area contributed by atoms with Crippen molar-refractivity contribution in [2.24, 2.45) is 5.92 Å². The summed E-state index contributed by atoms with van der Waals surface area (Å²) in [4.78, 5) is 4.12. The van der Waals surface area contributed by atoms with Gasteiger partial charge in [-0.2, -0.15) is 0 Å². The number of aryl methyl sites for hydroxylation is 1. The fourth-order valence-corrected chi connectivity index (χ4v) is 2.24. The third-order valence-corrected chi connectivity index (χ3v) is 3.31. The average molecular weight is 219 g/mol. The fourth-order valence-electron chi connectivity index (χ4n) is 2.24. The Bertz CT molecular complexity index is 334. The molecule has 1 aliphatic rings. The van der Waals surface area contributed by atoms with E-state index in [1.165, 1.54) is 24.8 Å². The Hall–Kier alpha value is -1.09. The SMILES string of the molecule is CCNC(CCc1cccnc1N)C1CC1. The van der Waals surface area contributed by atoms with E-state index >= 15 is 0 Å². The highest BCUT2D eigenvalue weighted by atomic mass is 14.9. The quantitative estimate of drug-likeness (QED) is 0.769. The first-order valence-corrected chi connectivity index (χ1v) is 6.24. The lowest BCUT2D eigenvalue weighted by Crippen LogP contribution is -2.31. The third-order valence-electron chi connectivity index (χ3n) is 3.31. The summed E-state index contributed by atoms with van der Waals surface area (Å²) in [5.74, 6) is 1.59. The maximum absolute atomic E-state index is 5.84. The van der Waals surface area contributed by atoms with Crippen LogP contribution in [0.4, 0.5) is 5.82 Å². The van der Waals surface area contributed by atoms with Crippen molar-refractivity contribution >= 4 is 5.82 Å². The summed E-state index contributed by atoms with van der Waals surface area (Å²) >= 11 is 0. The molecular formula is C13H21N3. The van der Waals surface area contributed by atoms with E-state index in [0.29, 0.717) is 11.9 Å². The Kier molecular flexibility index (Phi) is 3.78. The minimum atomic E-state index is 0.671. The highest BCUT2D eigenvalue weighted by Crippen LogP contribution is 2.34. The Morgan fingerprint density at radius 3 is 3.00 bits per heavy atom. The highest BCUT2D eigenvalue weighted by molar-refractivity contribution is 5.38. The van der Waals surface area contributed by atoms with Crippen molar-refractivity contribution in [2.75, 3.05) is 12.3 Å². The molecule has 1 atom stereocenters. The minimum absolute atomic E-state index is 0.671. The van der Waals surface area contributed by atoms with E-state index in [1.54, 1.807) is 6.20 Å². The molecule has 1 aliphatic carbocycles. The largest absolute Gasteiger partial charge is 0.383 e. The number of hydrogen-bond donors (Lipinski definition) is 2. The lowest BCUT2D eigenvalue weighted by Gasteiger charge is -2.17. The number of anilines is 1. The van der Waals surface area contributed by atoms with Crippen molar-refractivity contribution < 1.29 is 0 Å². The number of nitrogens with zero attached hydrogens (tertiary/aromatic N) is 1. The van der Waals surface area contributed by atoms with Gasteiger partial charge in [0.2, 0.25) is 0 Å². The van der Waals surface area contributed by atoms with Gasteiger partial charge in [-0.25, -0.2) is 4.98 Å². The molecule has 1 saturated carbocycles. The topological polar surface area (TPSA) is 50.9 Å². The number of pyridine rings is 1. The molecule has 0 amide bonds. The summed E-state index contributed by atoms with van der Waals surface area (Å²) in [6, 6.07) is 4.72. The van der Waals surface area contributed by atoms with Gasteiger partial charge in [-0.3, -0.25) is 0 Å². The van der Waals surface area contributed by atoms with Gasteiger partial charge in [-0.15, -0.1) is 0 Å². The van der Waals surface area contributed by atoms with Crippen LogP contribution >= 0.6 is 0 Å². The molecule has 3 nitrogen and oxygen atoms in total. The van der Waals surface area contributed by atoms with Gasteiger partial charge in [0.1, 0.15) is 5.82 Å². The number of hydrogen-bond acceptors (Lipinski definition) is 3. The molecule has 0 aliphatic heterocycles. The molecule has 1 fully saturated rings. The number of aromatic nitrogens is 1. The van der Waals surface area contributed by atoms with E-state index in [9.17, 15) is 0 Å². The summed E-state index contributed by atoms with van der Waals surface area (Å²) < 4.78 is 0. The normalized spacial score (nSPS) is 17.3. The van der Waals surface area contributed by atoms with E-state index in [4.69, 9.17) is 5.73 Å². The third kappa shape index (κ3) is 2.95. The van der Waals surface area contributed by atoms with E-state index in [0.717, 1.165) is 18.9 Å². The molecule has 0 radical (unpaired) electrons. The highest BCUT2D eigenvalue weighted by Gasteiger charge is 2.30. The van der Waals surface area contributed by atoms with Gasteiger partial charge in [0, 0.05) is 12.2 Å². The van der Waals surface area contributed by atoms with Crippen LogP contribution in [0.1, 0.15) is 31.7 Å². The van der Waals surface area contributed by atoms with Gasteiger partial charge < -0.3 is 11.1 Å². The van der Waals surface area contributed by atoms with E-state index < -0.39 is 0 Å². The summed E-state index contributed by atoms with van der Waals surface area (Å²) in [6.45, 7) is 3.23. The number of nitrogens with two attached hydrogens (primary N) is 1. The molecule has 0 aromatic carbocycles. The van der Waals surface area contributed by atoms with Crippen LogP contribution in [0.15, 0.2) is 18.3 Å². The second-order valence-corrected chi connectivity index (χ2v) is 4.59. The number of nitrogens with one attached hydrogen (secondary N) is 1. The Labute approximate surface area is 97.5 Å². The first-order chi connectivity index (χ1) is 7.81. The van der Waals surface area contributed by atoms with Crippen LogP contribution in [0.25, 0.3) is 0 Å². The van der Waals surface area contributed by atoms with E-state index in [1.807, 2.05) is 6.07 Å². The molecule has 1 unspecified atom stereocenters. The van der Waals surface area contributed by atoms with Crippen LogP contribution in [0, 0.1) is 5.92 Å². The van der Waals surface area contributed by atoms with Crippen molar-refractivity contribution in [3.63, 3.8) is 0 Å². The maximum atomic E-state index is 5.84. The smallest absolute Gasteiger partial charge is 0.126 e. The second kappa shape index (κ2) is 5.30. The van der Waals surface area contributed by atoms with Crippen LogP contribution in [0.3, 0.4) is 0 Å². The molecule has 88 valence electrons. The molecule has 0 spiro atoms. The number of rotatable bonds is 6. The predicted molar refractivity (Wildman–Crippen MR) is 67.2 cm³/mol. The van der Waals surface area contributed by atoms with Crippen LogP contribution in [0.5, 0.6) is 0 Å². The maximum Gasteiger partial charge on any atom is 0.126 e. The van der Waals surface area contributed by atoms with Crippen molar-refractivity contribution in [1.82, 2.24) is 10.3 Å². The molecule has 3 N–H and O–H groups in total. The second-order valence-electron chi connectivity index (χ2n) is 4.59. The van der Waals surface area contributed by atoms with Gasteiger partial charge in [0.25, 0.3) is 0 Å². The molecule has 1 aromatic heterocycles. The summed E-state index contributed by atoms with van der Waals surface area (Å²) in [7, 11) is 0. The summed E-state index contributed by atoms with van der Waals surface area (Å²) in [6.07, 6.45) is 6.74. The van der Waals surface area contributed by atoms with Crippen molar-refractivity contribution in [3.8, 4) is 0 Å². The molecule has 16 heavy (non-hydrogen) atoms. The molecule has 1 aromatic rings. The van der Waals surface area contributed by atoms with Gasteiger partial charge in [0.15, 0.2) is 0 Å². The van der Waals surface area contributed by atoms with Crippen LogP contribution in [-0.2, 0) is 6.42 Å². The fraction of sp³-hybridized carbons (Fsp3) is 0.615. The van der Waals surface area contributed by atoms with Crippen LogP contribution in [0.2, 0.25) is 0 Å². The zero-order valence-electron chi connectivity index (χ0n) is 9.95. The molecule has 1 heterocycles. The average Bonchev–Trinajstić information content (AvgIpc) is 3.10. The molecule has 0 bridgehead atoms. The minimum Gasteiger partial charge on any atom is -0.383 e. The van der Waals surface area contributed by atoms with Gasteiger partial charge in [-0.1, -0.05) is 13.0 Å². The first-order valence-electron chi connectivity index (χ1n) is 6.24. The van der Waals surface area contributed by atoms with Gasteiger partial charge in [-0.05, 0) is 49.8 Å². The lowest BCUT2D eigenvalue weighted by atomic mass is 10.0. The zero-order chi connectivity index (χ0) is 11.4. The first kappa shape index (κ1) is 11.4. The van der Waals surface area contributed by atoms with Crippen LogP contribution < -0.4 is 11.1 Å². The summed E-state index contributed by atoms with van der Waals surface area (Å²) in [5.41, 5.74) is 7.03. The van der Waals surface area contributed by atoms with Gasteiger partial charge in [0.05, 0.1) is 0 Å². The Morgan fingerprint density at radius 2 is 2.38 bits per heavy atom. The Morgan fingerprint density at radius 1 is 1.56 bits per heavy atom. The molecule has 0 saturated heterocycles. The van der Waals surface area contributed by atoms with Gasteiger partial charge >= 0.3 is 0 Å². The van der Waals surface area contributed by atoms with Crippen molar-refractivity contribution in [2.45, 2.75) is 38.6 Å². The standard InChI is InChI=1S/C13H21N3/c1-2-15-12(10-5-6-10)8-7-11-4-3-9-16-13(11)14/h3-4,9-10,12,15H,2,5-8H2,1H3,(H2,14,16). The van der Waals surface area contributed by atoms with E-state index in [2.05, 4.69) is 23.3 Å². The molecule has 3 heteroatoms. The van der Waals surface area contributed by atoms with Crippen molar-refractivity contribution in [3.05, 3.63) is 23.9 Å². The number of nitrogen functional groups attached to an aromatic ring is 1. The molecular weight excluding hydrogens is 198 g/mol. The predicted octanol–water partition coefficient (Wildman–Crippen LogP) is 1.98. The van der Waals surface area contributed by atoms with Crippen molar-refractivity contribution in [1.29, 1.82) is 0 Å². The monoisotopic (exact) mass is 219 g/mol. The molecule has 2 rings (SSSR count). The Balaban J connectivity index is 1.87. The van der Waals surface area contributed by atoms with E-state index in [-0.39, 0.29) is 0 Å².